The maximum absolute atomic E-state index is 11.4. The topological polar surface area (TPSA) is 54.4 Å². The minimum Gasteiger partial charge on any atom is -0.389 e. The Bertz CT molecular complexity index is 199. The summed E-state index contributed by atoms with van der Waals surface area (Å²) in [7, 11) is 0. The molecule has 0 bridgehead atoms. The van der Waals surface area contributed by atoms with Crippen molar-refractivity contribution in [3.8, 4) is 0 Å². The summed E-state index contributed by atoms with van der Waals surface area (Å²) in [6, 6.07) is 0. The van der Waals surface area contributed by atoms with E-state index in [9.17, 15) is 9.59 Å². The molecule has 0 rings (SSSR count). The van der Waals surface area contributed by atoms with Crippen molar-refractivity contribution in [2.45, 2.75) is 64.7 Å². The van der Waals surface area contributed by atoms with Crippen molar-refractivity contribution in [3.63, 3.8) is 0 Å². The summed E-state index contributed by atoms with van der Waals surface area (Å²) in [6.07, 6.45) is 7.72. The average Bonchev–Trinajstić information content (AvgIpc) is 2.30. The number of hydrogen-bond donors (Lipinski definition) is 1. The summed E-state index contributed by atoms with van der Waals surface area (Å²) < 4.78 is 0. The summed E-state index contributed by atoms with van der Waals surface area (Å²) in [5, 5.41) is 8.49. The molecule has 0 saturated heterocycles. The van der Waals surface area contributed by atoms with E-state index in [0.717, 1.165) is 25.7 Å². The van der Waals surface area contributed by atoms with Crippen molar-refractivity contribution in [1.29, 1.82) is 0 Å². The van der Waals surface area contributed by atoms with Gasteiger partial charge in [0.15, 0.2) is 5.78 Å². The molecule has 1 N–H and O–H groups in total. The first-order valence-corrected chi connectivity index (χ1v) is 6.35. The molecule has 16 heavy (non-hydrogen) atoms. The van der Waals surface area contributed by atoms with Gasteiger partial charge in [0, 0.05) is 19.3 Å². The van der Waals surface area contributed by atoms with Gasteiger partial charge in [-0.25, -0.2) is 0 Å². The van der Waals surface area contributed by atoms with Crippen LogP contribution in [0.2, 0.25) is 0 Å². The highest BCUT2D eigenvalue weighted by atomic mass is 16.3. The number of hydrogen-bond acceptors (Lipinski definition) is 3. The minimum absolute atomic E-state index is 0.129. The zero-order valence-corrected chi connectivity index (χ0v) is 10.3. The van der Waals surface area contributed by atoms with Crippen LogP contribution in [0.1, 0.15) is 64.7 Å². The van der Waals surface area contributed by atoms with E-state index in [1.54, 1.807) is 0 Å². The van der Waals surface area contributed by atoms with Crippen molar-refractivity contribution in [2.24, 2.45) is 0 Å². The van der Waals surface area contributed by atoms with Crippen molar-refractivity contribution in [3.05, 3.63) is 0 Å². The highest BCUT2D eigenvalue weighted by Gasteiger charge is 2.03. The standard InChI is InChI=1S/C13H24O3/c1-2-3-4-5-8-12(15)9-6-7-10-13(16)11-14/h14H,2-11H2,1H3. The Hall–Kier alpha value is -0.700. The van der Waals surface area contributed by atoms with E-state index in [-0.39, 0.29) is 12.4 Å². The molecule has 0 spiro atoms. The molecule has 0 fully saturated rings. The first-order chi connectivity index (χ1) is 7.70. The fourth-order valence-electron chi connectivity index (χ4n) is 1.60. The molecule has 0 aromatic heterocycles. The maximum Gasteiger partial charge on any atom is 0.158 e. The number of carbonyl (C=O) groups excluding carboxylic acids is 2. The molecular formula is C13H24O3. The first kappa shape index (κ1) is 15.3. The Labute approximate surface area is 98.2 Å². The van der Waals surface area contributed by atoms with Crippen LogP contribution in [0.5, 0.6) is 0 Å². The molecule has 0 amide bonds. The smallest absolute Gasteiger partial charge is 0.158 e. The van der Waals surface area contributed by atoms with Gasteiger partial charge in [0.1, 0.15) is 12.4 Å². The lowest BCUT2D eigenvalue weighted by Crippen LogP contribution is -2.04. The van der Waals surface area contributed by atoms with Gasteiger partial charge in [-0.3, -0.25) is 9.59 Å². The number of aliphatic hydroxyl groups is 1. The third-order valence-electron chi connectivity index (χ3n) is 2.65. The van der Waals surface area contributed by atoms with Gasteiger partial charge in [0.05, 0.1) is 0 Å². The van der Waals surface area contributed by atoms with E-state index < -0.39 is 0 Å². The van der Waals surface area contributed by atoms with Crippen LogP contribution in [0.15, 0.2) is 0 Å². The van der Waals surface area contributed by atoms with Crippen LogP contribution in [0.25, 0.3) is 0 Å². The van der Waals surface area contributed by atoms with Gasteiger partial charge in [0.25, 0.3) is 0 Å². The Morgan fingerprint density at radius 2 is 1.31 bits per heavy atom. The van der Waals surface area contributed by atoms with Crippen LogP contribution in [-0.4, -0.2) is 23.3 Å². The number of carbonyl (C=O) groups is 2. The lowest BCUT2D eigenvalue weighted by atomic mass is 10.0. The lowest BCUT2D eigenvalue weighted by Gasteiger charge is -2.00. The summed E-state index contributed by atoms with van der Waals surface area (Å²) in [4.78, 5) is 22.2. The molecule has 0 atom stereocenters. The zero-order chi connectivity index (χ0) is 12.2. The fraction of sp³-hybridized carbons (Fsp3) is 0.846. The van der Waals surface area contributed by atoms with Crippen LogP contribution in [0.3, 0.4) is 0 Å². The summed E-state index contributed by atoms with van der Waals surface area (Å²) in [6.45, 7) is 1.78. The molecule has 94 valence electrons. The van der Waals surface area contributed by atoms with Crippen LogP contribution in [-0.2, 0) is 9.59 Å². The molecule has 0 aromatic rings. The molecule has 0 unspecified atom stereocenters. The SMILES string of the molecule is CCCCCCC(=O)CCCCC(=O)CO. The number of aliphatic hydroxyl groups excluding tert-OH is 1. The molecule has 0 radical (unpaired) electrons. The summed E-state index contributed by atoms with van der Waals surface area (Å²) in [5.41, 5.74) is 0. The van der Waals surface area contributed by atoms with Gasteiger partial charge in [0.2, 0.25) is 0 Å². The normalized spacial score (nSPS) is 10.4. The zero-order valence-electron chi connectivity index (χ0n) is 10.3. The molecule has 3 nitrogen and oxygen atoms in total. The highest BCUT2D eigenvalue weighted by Crippen LogP contribution is 2.07. The molecular weight excluding hydrogens is 204 g/mol. The molecule has 0 heterocycles. The number of ketones is 2. The molecule has 0 aliphatic heterocycles. The second kappa shape index (κ2) is 10.8. The predicted molar refractivity (Wildman–Crippen MR) is 64.3 cm³/mol. The van der Waals surface area contributed by atoms with E-state index in [1.807, 2.05) is 0 Å². The molecule has 0 aliphatic rings. The largest absolute Gasteiger partial charge is 0.389 e. The van der Waals surface area contributed by atoms with Crippen LogP contribution in [0, 0.1) is 0 Å². The van der Waals surface area contributed by atoms with Crippen LogP contribution >= 0.6 is 0 Å². The minimum atomic E-state index is -0.370. The second-order valence-electron chi connectivity index (χ2n) is 4.25. The van der Waals surface area contributed by atoms with Crippen molar-refractivity contribution < 1.29 is 14.7 Å². The van der Waals surface area contributed by atoms with Gasteiger partial charge < -0.3 is 5.11 Å². The number of Topliss-reactive ketones (excluding diaryl/α,β-unsaturated/α-hetero) is 2. The van der Waals surface area contributed by atoms with E-state index in [4.69, 9.17) is 5.11 Å². The lowest BCUT2D eigenvalue weighted by molar-refractivity contribution is -0.122. The van der Waals surface area contributed by atoms with E-state index in [1.165, 1.54) is 12.8 Å². The average molecular weight is 228 g/mol. The third kappa shape index (κ3) is 9.84. The molecule has 0 aromatic carbocycles. The number of unbranched alkanes of at least 4 members (excludes halogenated alkanes) is 4. The van der Waals surface area contributed by atoms with Gasteiger partial charge in [-0.15, -0.1) is 0 Å². The van der Waals surface area contributed by atoms with Crippen LogP contribution in [0.4, 0.5) is 0 Å². The van der Waals surface area contributed by atoms with Crippen molar-refractivity contribution in [2.75, 3.05) is 6.61 Å². The summed E-state index contributed by atoms with van der Waals surface area (Å²) >= 11 is 0. The van der Waals surface area contributed by atoms with Gasteiger partial charge >= 0.3 is 0 Å². The predicted octanol–water partition coefficient (Wildman–Crippen LogP) is 2.65. The van der Waals surface area contributed by atoms with E-state index in [0.29, 0.717) is 25.0 Å². The monoisotopic (exact) mass is 228 g/mol. The Morgan fingerprint density at radius 1 is 0.812 bits per heavy atom. The van der Waals surface area contributed by atoms with E-state index in [2.05, 4.69) is 6.92 Å². The van der Waals surface area contributed by atoms with Gasteiger partial charge in [-0.05, 0) is 19.3 Å². The quantitative estimate of drug-likeness (QED) is 0.553. The van der Waals surface area contributed by atoms with Crippen molar-refractivity contribution >= 4 is 11.6 Å². The van der Waals surface area contributed by atoms with Crippen LogP contribution < -0.4 is 0 Å². The Morgan fingerprint density at radius 3 is 1.81 bits per heavy atom. The highest BCUT2D eigenvalue weighted by molar-refractivity contribution is 5.80. The number of rotatable bonds is 11. The molecule has 3 heteroatoms. The molecule has 0 saturated carbocycles. The first-order valence-electron chi connectivity index (χ1n) is 6.35. The Balaban J connectivity index is 3.27. The fourth-order valence-corrected chi connectivity index (χ4v) is 1.60. The van der Waals surface area contributed by atoms with E-state index >= 15 is 0 Å². The Kier molecular flexibility index (Phi) is 10.3. The maximum atomic E-state index is 11.4. The van der Waals surface area contributed by atoms with Gasteiger partial charge in [-0.2, -0.15) is 0 Å². The second-order valence-corrected chi connectivity index (χ2v) is 4.25. The van der Waals surface area contributed by atoms with Crippen molar-refractivity contribution in [1.82, 2.24) is 0 Å². The third-order valence-corrected chi connectivity index (χ3v) is 2.65. The summed E-state index contributed by atoms with van der Waals surface area (Å²) in [5.74, 6) is 0.183. The van der Waals surface area contributed by atoms with Gasteiger partial charge in [-0.1, -0.05) is 26.2 Å². The molecule has 0 aliphatic carbocycles.